The second-order valence-corrected chi connectivity index (χ2v) is 8.69. The molecule has 1 saturated carbocycles. The molecule has 4 rings (SSSR count). The van der Waals surface area contributed by atoms with Crippen LogP contribution >= 0.6 is 11.6 Å². The number of anilines is 2. The lowest BCUT2D eigenvalue weighted by Crippen LogP contribution is -2.40. The number of hydrogen-bond acceptors (Lipinski definition) is 6. The fourth-order valence-corrected chi connectivity index (χ4v) is 4.19. The number of benzene rings is 2. The molecule has 1 heterocycles. The molecule has 0 aliphatic heterocycles. The van der Waals surface area contributed by atoms with Crippen LogP contribution in [-0.2, 0) is 11.3 Å². The molecule has 1 aliphatic carbocycles. The number of rotatable bonds is 6. The first-order chi connectivity index (χ1) is 15.5. The summed E-state index contributed by atoms with van der Waals surface area (Å²) in [5.41, 5.74) is 1.72. The molecule has 2 aromatic carbocycles. The van der Waals surface area contributed by atoms with E-state index in [-0.39, 0.29) is 18.7 Å². The first kappa shape index (κ1) is 22.1. The molecule has 0 atom stereocenters. The largest absolute Gasteiger partial charge is 0.445 e. The van der Waals surface area contributed by atoms with E-state index < -0.39 is 6.09 Å². The number of carbonyl (C=O) groups is 1. The van der Waals surface area contributed by atoms with Gasteiger partial charge >= 0.3 is 6.09 Å². The topological polar surface area (TPSA) is 79.4 Å². The van der Waals surface area contributed by atoms with E-state index in [0.29, 0.717) is 11.0 Å². The van der Waals surface area contributed by atoms with Crippen molar-refractivity contribution in [2.24, 2.45) is 0 Å². The average Bonchev–Trinajstić information content (AvgIpc) is 2.79. The highest BCUT2D eigenvalue weighted by molar-refractivity contribution is 6.31. The first-order valence-corrected chi connectivity index (χ1v) is 11.2. The van der Waals surface area contributed by atoms with E-state index in [4.69, 9.17) is 26.3 Å². The number of para-hydroxylation sites is 1. The normalized spacial score (nSPS) is 18.2. The van der Waals surface area contributed by atoms with Gasteiger partial charge in [-0.3, -0.25) is 0 Å². The molecule has 1 amide bonds. The smallest absolute Gasteiger partial charge is 0.407 e. The van der Waals surface area contributed by atoms with E-state index in [2.05, 4.69) is 10.6 Å². The second kappa shape index (κ2) is 10.0. The summed E-state index contributed by atoms with van der Waals surface area (Å²) in [7, 11) is 3.97. The lowest BCUT2D eigenvalue weighted by molar-refractivity contribution is 0.132. The second-order valence-electron chi connectivity index (χ2n) is 8.29. The van der Waals surface area contributed by atoms with Gasteiger partial charge in [0.2, 0.25) is 5.95 Å². The van der Waals surface area contributed by atoms with Gasteiger partial charge in [0.05, 0.1) is 5.52 Å². The van der Waals surface area contributed by atoms with Gasteiger partial charge in [-0.1, -0.05) is 41.9 Å². The van der Waals surface area contributed by atoms with E-state index in [9.17, 15) is 4.79 Å². The van der Waals surface area contributed by atoms with E-state index >= 15 is 0 Å². The molecule has 0 bridgehead atoms. The van der Waals surface area contributed by atoms with Crippen molar-refractivity contribution in [1.82, 2.24) is 15.3 Å². The molecule has 168 valence electrons. The van der Waals surface area contributed by atoms with Crippen molar-refractivity contribution in [1.29, 1.82) is 0 Å². The van der Waals surface area contributed by atoms with Crippen LogP contribution in [0.1, 0.15) is 31.2 Å². The molecule has 1 aromatic heterocycles. The number of nitrogens with zero attached hydrogens (tertiary/aromatic N) is 3. The molecule has 8 heteroatoms. The number of amides is 1. The predicted molar refractivity (Wildman–Crippen MR) is 128 cm³/mol. The Morgan fingerprint density at radius 1 is 1.03 bits per heavy atom. The fourth-order valence-electron chi connectivity index (χ4n) is 4.00. The number of ether oxygens (including phenoxy) is 1. The maximum absolute atomic E-state index is 12.2. The van der Waals surface area contributed by atoms with Crippen molar-refractivity contribution >= 4 is 40.4 Å². The predicted octanol–water partition coefficient (Wildman–Crippen LogP) is 5.00. The summed E-state index contributed by atoms with van der Waals surface area (Å²) in [6.45, 7) is 0.163. The molecule has 0 unspecified atom stereocenters. The Bertz CT molecular complexity index is 1080. The van der Waals surface area contributed by atoms with Crippen molar-refractivity contribution in [2.45, 2.75) is 44.4 Å². The Balaban J connectivity index is 1.29. The van der Waals surface area contributed by atoms with Crippen LogP contribution in [0.15, 0.2) is 48.5 Å². The number of carbonyl (C=O) groups excluding carboxylic acids is 1. The van der Waals surface area contributed by atoms with Crippen LogP contribution in [0.3, 0.4) is 0 Å². The quantitative estimate of drug-likeness (QED) is 0.546. The van der Waals surface area contributed by atoms with Crippen LogP contribution in [0.4, 0.5) is 16.6 Å². The summed E-state index contributed by atoms with van der Waals surface area (Å²) in [5.74, 6) is 1.54. The number of fused-ring (bicyclic) bond motifs is 1. The number of alkyl carbamates (subject to hydrolysis) is 1. The fraction of sp³-hybridized carbons (Fsp3) is 0.375. The van der Waals surface area contributed by atoms with Gasteiger partial charge in [-0.05, 0) is 43.9 Å². The van der Waals surface area contributed by atoms with Crippen molar-refractivity contribution in [3.8, 4) is 0 Å². The Kier molecular flexibility index (Phi) is 6.95. The van der Waals surface area contributed by atoms with Crippen molar-refractivity contribution < 1.29 is 9.53 Å². The van der Waals surface area contributed by atoms with Crippen LogP contribution < -0.4 is 15.5 Å². The third-order valence-electron chi connectivity index (χ3n) is 5.71. The maximum Gasteiger partial charge on any atom is 0.407 e. The highest BCUT2D eigenvalue weighted by Gasteiger charge is 2.24. The van der Waals surface area contributed by atoms with Crippen LogP contribution in [-0.4, -0.2) is 42.2 Å². The van der Waals surface area contributed by atoms with Gasteiger partial charge < -0.3 is 20.3 Å². The van der Waals surface area contributed by atoms with Gasteiger partial charge in [-0.15, -0.1) is 0 Å². The third kappa shape index (κ3) is 5.40. The highest BCUT2D eigenvalue weighted by atomic mass is 35.5. The number of aromatic nitrogens is 2. The molecule has 0 saturated heterocycles. The zero-order valence-corrected chi connectivity index (χ0v) is 19.1. The monoisotopic (exact) mass is 453 g/mol. The van der Waals surface area contributed by atoms with Gasteiger partial charge in [0.25, 0.3) is 0 Å². The Morgan fingerprint density at radius 2 is 1.72 bits per heavy atom. The Labute approximate surface area is 193 Å². The van der Waals surface area contributed by atoms with E-state index in [0.717, 1.165) is 48.0 Å². The van der Waals surface area contributed by atoms with E-state index in [1.165, 1.54) is 0 Å². The van der Waals surface area contributed by atoms with Gasteiger partial charge in [-0.2, -0.15) is 4.98 Å². The maximum atomic E-state index is 12.2. The SMILES string of the molecule is CN(C)c1nc(NC2CCC(NC(=O)OCc3ccccc3Cl)CC2)nc2ccccc12. The molecule has 32 heavy (non-hydrogen) atoms. The number of hydrogen-bond donors (Lipinski definition) is 2. The van der Waals surface area contributed by atoms with Gasteiger partial charge in [0.1, 0.15) is 12.4 Å². The highest BCUT2D eigenvalue weighted by Crippen LogP contribution is 2.26. The molecular formula is C24H28ClN5O2. The van der Waals surface area contributed by atoms with E-state index in [1.54, 1.807) is 6.07 Å². The summed E-state index contributed by atoms with van der Waals surface area (Å²) in [6, 6.07) is 15.8. The van der Waals surface area contributed by atoms with Crippen LogP contribution in [0, 0.1) is 0 Å². The van der Waals surface area contributed by atoms with Gasteiger partial charge in [-0.25, -0.2) is 9.78 Å². The van der Waals surface area contributed by atoms with Crippen LogP contribution in [0.25, 0.3) is 10.9 Å². The number of halogens is 1. The Hall–Kier alpha value is -3.06. The number of nitrogens with one attached hydrogen (secondary N) is 2. The minimum absolute atomic E-state index is 0.0988. The minimum atomic E-state index is -0.408. The lowest BCUT2D eigenvalue weighted by Gasteiger charge is -2.29. The van der Waals surface area contributed by atoms with Crippen molar-refractivity contribution in [2.75, 3.05) is 24.3 Å². The molecule has 1 aliphatic rings. The summed E-state index contributed by atoms with van der Waals surface area (Å²) in [4.78, 5) is 23.6. The molecule has 1 fully saturated rings. The zero-order valence-electron chi connectivity index (χ0n) is 18.3. The van der Waals surface area contributed by atoms with Gasteiger partial charge in [0, 0.05) is 42.2 Å². The molecule has 3 aromatic rings. The summed E-state index contributed by atoms with van der Waals surface area (Å²) >= 11 is 6.11. The van der Waals surface area contributed by atoms with Gasteiger partial charge in [0.15, 0.2) is 0 Å². The van der Waals surface area contributed by atoms with Crippen LogP contribution in [0.5, 0.6) is 0 Å². The lowest BCUT2D eigenvalue weighted by atomic mass is 9.91. The zero-order chi connectivity index (χ0) is 22.5. The standard InChI is InChI=1S/C24H28ClN5O2/c1-30(2)22-19-8-4-6-10-21(19)28-23(29-22)26-17-11-13-18(14-12-17)27-24(31)32-15-16-7-3-5-9-20(16)25/h3-10,17-18H,11-15H2,1-2H3,(H,27,31)(H,26,28,29). The first-order valence-electron chi connectivity index (χ1n) is 10.9. The molecule has 7 nitrogen and oxygen atoms in total. The molecule has 0 spiro atoms. The van der Waals surface area contributed by atoms with Crippen molar-refractivity contribution in [3.05, 3.63) is 59.1 Å². The minimum Gasteiger partial charge on any atom is -0.445 e. The third-order valence-corrected chi connectivity index (χ3v) is 6.07. The molecular weight excluding hydrogens is 426 g/mol. The average molecular weight is 454 g/mol. The van der Waals surface area contributed by atoms with E-state index in [1.807, 2.05) is 61.5 Å². The molecule has 0 radical (unpaired) electrons. The molecule has 2 N–H and O–H groups in total. The van der Waals surface area contributed by atoms with Crippen LogP contribution in [0.2, 0.25) is 5.02 Å². The summed E-state index contributed by atoms with van der Waals surface area (Å²) in [5, 5.41) is 8.09. The Morgan fingerprint density at radius 3 is 2.47 bits per heavy atom. The summed E-state index contributed by atoms with van der Waals surface area (Å²) < 4.78 is 5.34. The summed E-state index contributed by atoms with van der Waals surface area (Å²) in [6.07, 6.45) is 3.17. The van der Waals surface area contributed by atoms with Crippen molar-refractivity contribution in [3.63, 3.8) is 0 Å².